The van der Waals surface area contributed by atoms with E-state index in [1.807, 2.05) is 24.7 Å². The SMILES string of the molecule is Cc1cc(CC(=O)C2CN3CCN2CC3)n(C)n1. The van der Waals surface area contributed by atoms with E-state index in [1.165, 1.54) is 0 Å². The summed E-state index contributed by atoms with van der Waals surface area (Å²) in [7, 11) is 1.91. The summed E-state index contributed by atoms with van der Waals surface area (Å²) in [6.07, 6.45) is 0.506. The van der Waals surface area contributed by atoms with Crippen molar-refractivity contribution in [3.63, 3.8) is 0 Å². The highest BCUT2D eigenvalue weighted by atomic mass is 16.1. The van der Waals surface area contributed by atoms with Crippen LogP contribution >= 0.6 is 0 Å². The lowest BCUT2D eigenvalue weighted by Crippen LogP contribution is -2.63. The summed E-state index contributed by atoms with van der Waals surface area (Å²) in [6.45, 7) is 7.20. The smallest absolute Gasteiger partial charge is 0.157 e. The Balaban J connectivity index is 1.70. The molecule has 3 saturated heterocycles. The van der Waals surface area contributed by atoms with Gasteiger partial charge in [-0.25, -0.2) is 0 Å². The van der Waals surface area contributed by atoms with Crippen LogP contribution in [0.4, 0.5) is 0 Å². The molecule has 0 N–H and O–H groups in total. The lowest BCUT2D eigenvalue weighted by Gasteiger charge is -2.46. The standard InChI is InChI=1S/C13H20N4O/c1-10-7-11(15(2)14-10)8-13(18)12-9-16-3-5-17(12)6-4-16/h7,12H,3-6,8-9H2,1-2H3. The van der Waals surface area contributed by atoms with Gasteiger partial charge in [0.1, 0.15) is 0 Å². The summed E-state index contributed by atoms with van der Waals surface area (Å²) in [5, 5.41) is 4.30. The molecule has 1 unspecified atom stereocenters. The van der Waals surface area contributed by atoms with Crippen LogP contribution in [0, 0.1) is 6.92 Å². The van der Waals surface area contributed by atoms with Crippen LogP contribution in [-0.2, 0) is 18.3 Å². The van der Waals surface area contributed by atoms with Crippen LogP contribution in [0.25, 0.3) is 0 Å². The van der Waals surface area contributed by atoms with Crippen molar-refractivity contribution in [3.05, 3.63) is 17.5 Å². The quantitative estimate of drug-likeness (QED) is 0.745. The fraction of sp³-hybridized carbons (Fsp3) is 0.692. The molecule has 4 heterocycles. The number of fused-ring (bicyclic) bond motifs is 3. The molecule has 5 nitrogen and oxygen atoms in total. The van der Waals surface area contributed by atoms with E-state index in [0.717, 1.165) is 44.1 Å². The molecule has 18 heavy (non-hydrogen) atoms. The number of Topliss-reactive ketones (excluding diaryl/α,β-unsaturated/α-hetero) is 1. The molecule has 0 spiro atoms. The van der Waals surface area contributed by atoms with Gasteiger partial charge in [0.2, 0.25) is 0 Å². The minimum atomic E-state index is 0.0997. The lowest BCUT2D eigenvalue weighted by atomic mass is 10.0. The van der Waals surface area contributed by atoms with Gasteiger partial charge in [0, 0.05) is 45.5 Å². The van der Waals surface area contributed by atoms with Gasteiger partial charge in [-0.1, -0.05) is 0 Å². The van der Waals surface area contributed by atoms with Crippen LogP contribution in [0.15, 0.2) is 6.07 Å². The van der Waals surface area contributed by atoms with Crippen molar-refractivity contribution in [1.29, 1.82) is 0 Å². The number of ketones is 1. The van der Waals surface area contributed by atoms with Crippen molar-refractivity contribution in [2.24, 2.45) is 7.05 Å². The third-order valence-corrected chi connectivity index (χ3v) is 4.10. The number of aryl methyl sites for hydroxylation is 2. The van der Waals surface area contributed by atoms with E-state index in [2.05, 4.69) is 14.9 Å². The van der Waals surface area contributed by atoms with E-state index in [4.69, 9.17) is 0 Å². The largest absolute Gasteiger partial charge is 0.299 e. The van der Waals surface area contributed by atoms with Crippen molar-refractivity contribution < 1.29 is 4.79 Å². The van der Waals surface area contributed by atoms with Crippen molar-refractivity contribution in [2.75, 3.05) is 32.7 Å². The second-order valence-electron chi connectivity index (χ2n) is 5.40. The van der Waals surface area contributed by atoms with Gasteiger partial charge < -0.3 is 0 Å². The highest BCUT2D eigenvalue weighted by Gasteiger charge is 2.36. The number of nitrogens with zero attached hydrogens (tertiary/aromatic N) is 4. The monoisotopic (exact) mass is 248 g/mol. The van der Waals surface area contributed by atoms with Gasteiger partial charge in [-0.2, -0.15) is 5.10 Å². The molecule has 0 aromatic carbocycles. The molecule has 2 bridgehead atoms. The number of piperazine rings is 3. The maximum Gasteiger partial charge on any atom is 0.157 e. The number of carbonyl (C=O) groups excluding carboxylic acids is 1. The van der Waals surface area contributed by atoms with E-state index in [9.17, 15) is 4.79 Å². The van der Waals surface area contributed by atoms with Crippen molar-refractivity contribution in [2.45, 2.75) is 19.4 Å². The summed E-state index contributed by atoms with van der Waals surface area (Å²) in [5.74, 6) is 0.336. The van der Waals surface area contributed by atoms with Crippen molar-refractivity contribution in [3.8, 4) is 0 Å². The molecular weight excluding hydrogens is 228 g/mol. The van der Waals surface area contributed by atoms with E-state index >= 15 is 0 Å². The van der Waals surface area contributed by atoms with Crippen LogP contribution < -0.4 is 0 Å². The number of carbonyl (C=O) groups is 1. The first-order valence-corrected chi connectivity index (χ1v) is 6.62. The van der Waals surface area contributed by atoms with Gasteiger partial charge in [0.05, 0.1) is 18.2 Å². The van der Waals surface area contributed by atoms with Gasteiger partial charge in [0.25, 0.3) is 0 Å². The molecule has 0 saturated carbocycles. The van der Waals surface area contributed by atoms with Crippen LogP contribution in [-0.4, -0.2) is 64.1 Å². The molecular formula is C13H20N4O. The van der Waals surface area contributed by atoms with Gasteiger partial charge in [-0.15, -0.1) is 0 Å². The zero-order valence-corrected chi connectivity index (χ0v) is 11.1. The molecule has 5 heteroatoms. The molecule has 4 rings (SSSR count). The fourth-order valence-electron chi connectivity index (χ4n) is 3.05. The molecule has 0 amide bonds. The Kier molecular flexibility index (Phi) is 2.95. The third kappa shape index (κ3) is 2.08. The Bertz CT molecular complexity index is 460. The summed E-state index contributed by atoms with van der Waals surface area (Å²) in [4.78, 5) is 17.1. The zero-order valence-electron chi connectivity index (χ0n) is 11.1. The molecule has 98 valence electrons. The number of rotatable bonds is 3. The Morgan fingerprint density at radius 3 is 2.61 bits per heavy atom. The molecule has 3 aliphatic heterocycles. The van der Waals surface area contributed by atoms with E-state index in [-0.39, 0.29) is 6.04 Å². The highest BCUT2D eigenvalue weighted by Crippen LogP contribution is 2.18. The Morgan fingerprint density at radius 2 is 2.11 bits per heavy atom. The number of hydrogen-bond acceptors (Lipinski definition) is 4. The Hall–Kier alpha value is -1.20. The topological polar surface area (TPSA) is 41.4 Å². The highest BCUT2D eigenvalue weighted by molar-refractivity contribution is 5.86. The lowest BCUT2D eigenvalue weighted by molar-refractivity contribution is -0.128. The predicted octanol–water partition coefficient (Wildman–Crippen LogP) is -0.160. The fourth-order valence-corrected chi connectivity index (χ4v) is 3.05. The maximum absolute atomic E-state index is 12.4. The van der Waals surface area contributed by atoms with Gasteiger partial charge in [0.15, 0.2) is 5.78 Å². The van der Waals surface area contributed by atoms with Crippen molar-refractivity contribution in [1.82, 2.24) is 19.6 Å². The maximum atomic E-state index is 12.4. The van der Waals surface area contributed by atoms with Crippen LogP contribution in [0.1, 0.15) is 11.4 Å². The molecule has 1 aromatic heterocycles. The molecule has 3 fully saturated rings. The first-order chi connectivity index (χ1) is 8.63. The van der Waals surface area contributed by atoms with Crippen LogP contribution in [0.3, 0.4) is 0 Å². The molecule has 0 radical (unpaired) electrons. The first kappa shape index (κ1) is 11.9. The summed E-state index contributed by atoms with van der Waals surface area (Å²) in [6, 6.07) is 2.11. The molecule has 1 aromatic rings. The van der Waals surface area contributed by atoms with Crippen molar-refractivity contribution >= 4 is 5.78 Å². The second-order valence-corrected chi connectivity index (χ2v) is 5.40. The van der Waals surface area contributed by atoms with Gasteiger partial charge in [-0.05, 0) is 13.0 Å². The molecule has 3 aliphatic rings. The number of aromatic nitrogens is 2. The molecule has 1 atom stereocenters. The minimum Gasteiger partial charge on any atom is -0.299 e. The molecule has 0 aliphatic carbocycles. The Labute approximate surface area is 107 Å². The zero-order chi connectivity index (χ0) is 12.7. The minimum absolute atomic E-state index is 0.0997. The third-order valence-electron chi connectivity index (χ3n) is 4.10. The van der Waals surface area contributed by atoms with Crippen LogP contribution in [0.5, 0.6) is 0 Å². The first-order valence-electron chi connectivity index (χ1n) is 6.62. The summed E-state index contributed by atoms with van der Waals surface area (Å²) < 4.78 is 1.82. The number of hydrogen-bond donors (Lipinski definition) is 0. The van der Waals surface area contributed by atoms with E-state index in [0.29, 0.717) is 12.2 Å². The Morgan fingerprint density at radius 1 is 1.39 bits per heavy atom. The van der Waals surface area contributed by atoms with Gasteiger partial charge >= 0.3 is 0 Å². The predicted molar refractivity (Wildman–Crippen MR) is 68.5 cm³/mol. The summed E-state index contributed by atoms with van der Waals surface area (Å²) in [5.41, 5.74) is 2.00. The van der Waals surface area contributed by atoms with Crippen LogP contribution in [0.2, 0.25) is 0 Å². The average Bonchev–Trinajstić information content (AvgIpc) is 2.69. The van der Waals surface area contributed by atoms with E-state index < -0.39 is 0 Å². The average molecular weight is 248 g/mol. The summed E-state index contributed by atoms with van der Waals surface area (Å²) >= 11 is 0. The normalized spacial score (nSPS) is 30.7. The van der Waals surface area contributed by atoms with E-state index in [1.54, 1.807) is 0 Å². The second kappa shape index (κ2) is 4.48. The van der Waals surface area contributed by atoms with Gasteiger partial charge in [-0.3, -0.25) is 19.3 Å².